The van der Waals surface area contributed by atoms with Gasteiger partial charge in [-0.1, -0.05) is 25.8 Å². The number of aldehydes is 1. The molecule has 1 rings (SSSR count). The van der Waals surface area contributed by atoms with E-state index in [1.807, 2.05) is 0 Å². The molecule has 1 amide bonds. The van der Waals surface area contributed by atoms with Gasteiger partial charge in [-0.2, -0.15) is 0 Å². The van der Waals surface area contributed by atoms with Gasteiger partial charge in [0.2, 0.25) is 0 Å². The maximum atomic E-state index is 11.9. The van der Waals surface area contributed by atoms with Crippen molar-refractivity contribution in [2.75, 3.05) is 6.54 Å². The standard InChI is InChI=1S/C15H20BrNO3/c1-3-4-5-9-17-15(19)11(2)20-14-12(10-18)7-6-8-13(14)16/h6-8,10-11H,3-5,9H2,1-2H3,(H,17,19). The fourth-order valence-electron chi connectivity index (χ4n) is 1.70. The van der Waals surface area contributed by atoms with E-state index in [4.69, 9.17) is 4.74 Å². The number of carbonyl (C=O) groups excluding carboxylic acids is 2. The molecule has 1 unspecified atom stereocenters. The molecule has 0 aliphatic carbocycles. The predicted molar refractivity (Wildman–Crippen MR) is 82.2 cm³/mol. The van der Waals surface area contributed by atoms with Crippen LogP contribution in [-0.4, -0.2) is 24.8 Å². The van der Waals surface area contributed by atoms with Gasteiger partial charge in [0.1, 0.15) is 5.75 Å². The van der Waals surface area contributed by atoms with Crippen molar-refractivity contribution in [2.45, 2.75) is 39.2 Å². The van der Waals surface area contributed by atoms with Crippen LogP contribution >= 0.6 is 15.9 Å². The summed E-state index contributed by atoms with van der Waals surface area (Å²) in [6.45, 7) is 4.43. The van der Waals surface area contributed by atoms with Gasteiger partial charge in [0.25, 0.3) is 5.91 Å². The highest BCUT2D eigenvalue weighted by molar-refractivity contribution is 9.10. The second kappa shape index (κ2) is 8.74. The maximum absolute atomic E-state index is 11.9. The van der Waals surface area contributed by atoms with E-state index in [0.717, 1.165) is 19.3 Å². The van der Waals surface area contributed by atoms with Gasteiger partial charge in [-0.15, -0.1) is 0 Å². The Morgan fingerprint density at radius 2 is 2.20 bits per heavy atom. The Bertz CT molecular complexity index is 462. The lowest BCUT2D eigenvalue weighted by Crippen LogP contribution is -2.37. The third kappa shape index (κ3) is 4.96. The summed E-state index contributed by atoms with van der Waals surface area (Å²) < 4.78 is 6.26. The van der Waals surface area contributed by atoms with Crippen LogP contribution in [0.3, 0.4) is 0 Å². The van der Waals surface area contributed by atoms with Crippen LogP contribution in [0.5, 0.6) is 5.75 Å². The molecule has 0 aromatic heterocycles. The SMILES string of the molecule is CCCCCNC(=O)C(C)Oc1c(Br)cccc1C=O. The topological polar surface area (TPSA) is 55.4 Å². The molecular weight excluding hydrogens is 322 g/mol. The van der Waals surface area contributed by atoms with Crippen molar-refractivity contribution in [1.29, 1.82) is 0 Å². The van der Waals surface area contributed by atoms with Crippen LogP contribution in [0.4, 0.5) is 0 Å². The molecule has 0 spiro atoms. The average molecular weight is 342 g/mol. The fourth-order valence-corrected chi connectivity index (χ4v) is 2.18. The van der Waals surface area contributed by atoms with Gasteiger partial charge < -0.3 is 10.1 Å². The van der Waals surface area contributed by atoms with Crippen molar-refractivity contribution in [1.82, 2.24) is 5.32 Å². The third-order valence-electron chi connectivity index (χ3n) is 2.87. The predicted octanol–water partition coefficient (Wildman–Crippen LogP) is 3.34. The van der Waals surface area contributed by atoms with E-state index in [-0.39, 0.29) is 5.91 Å². The minimum absolute atomic E-state index is 0.172. The number of amides is 1. The lowest BCUT2D eigenvalue weighted by molar-refractivity contribution is -0.127. The molecule has 0 fully saturated rings. The number of ether oxygens (including phenoxy) is 1. The number of benzene rings is 1. The van der Waals surface area contributed by atoms with Gasteiger partial charge in [-0.05, 0) is 41.4 Å². The van der Waals surface area contributed by atoms with Crippen molar-refractivity contribution in [3.8, 4) is 5.75 Å². The van der Waals surface area contributed by atoms with Gasteiger partial charge in [0.05, 0.1) is 10.0 Å². The summed E-state index contributed by atoms with van der Waals surface area (Å²) in [6, 6.07) is 5.17. The Morgan fingerprint density at radius 3 is 2.85 bits per heavy atom. The molecule has 1 aromatic rings. The second-order valence-electron chi connectivity index (χ2n) is 4.53. The van der Waals surface area contributed by atoms with E-state index in [1.165, 1.54) is 0 Å². The summed E-state index contributed by atoms with van der Waals surface area (Å²) in [7, 11) is 0. The number of carbonyl (C=O) groups is 2. The lowest BCUT2D eigenvalue weighted by atomic mass is 10.2. The minimum Gasteiger partial charge on any atom is -0.479 e. The molecule has 0 aliphatic heterocycles. The Labute approximate surface area is 128 Å². The molecule has 110 valence electrons. The Kier molecular flexibility index (Phi) is 7.30. The van der Waals surface area contributed by atoms with Crippen LogP contribution in [0.15, 0.2) is 22.7 Å². The molecule has 0 heterocycles. The highest BCUT2D eigenvalue weighted by atomic mass is 79.9. The summed E-state index contributed by atoms with van der Waals surface area (Å²) in [6.07, 6.45) is 3.24. The van der Waals surface area contributed by atoms with E-state index in [0.29, 0.717) is 28.6 Å². The largest absolute Gasteiger partial charge is 0.479 e. The van der Waals surface area contributed by atoms with Crippen molar-refractivity contribution in [2.24, 2.45) is 0 Å². The van der Waals surface area contributed by atoms with E-state index in [1.54, 1.807) is 25.1 Å². The molecule has 0 saturated carbocycles. The number of para-hydroxylation sites is 1. The van der Waals surface area contributed by atoms with Crippen molar-refractivity contribution in [3.05, 3.63) is 28.2 Å². The number of hydrogen-bond donors (Lipinski definition) is 1. The fraction of sp³-hybridized carbons (Fsp3) is 0.467. The molecule has 0 aliphatic rings. The third-order valence-corrected chi connectivity index (χ3v) is 3.49. The van der Waals surface area contributed by atoms with Crippen LogP contribution < -0.4 is 10.1 Å². The number of nitrogens with one attached hydrogen (secondary N) is 1. The molecule has 5 heteroatoms. The zero-order valence-corrected chi connectivity index (χ0v) is 13.4. The Morgan fingerprint density at radius 1 is 1.45 bits per heavy atom. The zero-order valence-electron chi connectivity index (χ0n) is 11.8. The maximum Gasteiger partial charge on any atom is 0.260 e. The van der Waals surface area contributed by atoms with Crippen LogP contribution in [-0.2, 0) is 4.79 Å². The normalized spacial score (nSPS) is 11.8. The minimum atomic E-state index is -0.644. The average Bonchev–Trinajstić information content (AvgIpc) is 2.45. The van der Waals surface area contributed by atoms with E-state index in [2.05, 4.69) is 28.2 Å². The summed E-state index contributed by atoms with van der Waals surface area (Å²) in [5.74, 6) is 0.229. The van der Waals surface area contributed by atoms with Gasteiger partial charge in [0.15, 0.2) is 12.4 Å². The first-order valence-electron chi connectivity index (χ1n) is 6.78. The number of rotatable bonds is 8. The van der Waals surface area contributed by atoms with E-state index < -0.39 is 6.10 Å². The van der Waals surface area contributed by atoms with Gasteiger partial charge in [0, 0.05) is 6.54 Å². The van der Waals surface area contributed by atoms with E-state index >= 15 is 0 Å². The van der Waals surface area contributed by atoms with Gasteiger partial charge in [-0.3, -0.25) is 9.59 Å². The molecule has 1 aromatic carbocycles. The molecule has 0 saturated heterocycles. The van der Waals surface area contributed by atoms with Crippen molar-refractivity contribution in [3.63, 3.8) is 0 Å². The second-order valence-corrected chi connectivity index (χ2v) is 5.39. The summed E-state index contributed by atoms with van der Waals surface area (Å²) in [4.78, 5) is 22.9. The zero-order chi connectivity index (χ0) is 15.0. The highest BCUT2D eigenvalue weighted by Crippen LogP contribution is 2.28. The first-order chi connectivity index (χ1) is 9.60. The number of hydrogen-bond acceptors (Lipinski definition) is 3. The quantitative estimate of drug-likeness (QED) is 0.582. The first-order valence-corrected chi connectivity index (χ1v) is 7.57. The van der Waals surface area contributed by atoms with Crippen LogP contribution in [0, 0.1) is 0 Å². The molecule has 1 N–H and O–H groups in total. The summed E-state index contributed by atoms with van der Waals surface area (Å²) in [5, 5.41) is 2.83. The molecular formula is C15H20BrNO3. The monoisotopic (exact) mass is 341 g/mol. The molecule has 0 radical (unpaired) electrons. The van der Waals surface area contributed by atoms with Gasteiger partial charge in [-0.25, -0.2) is 0 Å². The molecule has 20 heavy (non-hydrogen) atoms. The van der Waals surface area contributed by atoms with E-state index in [9.17, 15) is 9.59 Å². The smallest absolute Gasteiger partial charge is 0.260 e. The number of unbranched alkanes of at least 4 members (excludes halogenated alkanes) is 2. The number of halogens is 1. The Balaban J connectivity index is 2.59. The van der Waals surface area contributed by atoms with Crippen LogP contribution in [0.1, 0.15) is 43.5 Å². The molecule has 0 bridgehead atoms. The Hall–Kier alpha value is -1.36. The summed E-state index contributed by atoms with van der Waals surface area (Å²) in [5.41, 5.74) is 0.421. The van der Waals surface area contributed by atoms with Crippen molar-refractivity contribution >= 4 is 28.1 Å². The van der Waals surface area contributed by atoms with Gasteiger partial charge >= 0.3 is 0 Å². The first kappa shape index (κ1) is 16.7. The summed E-state index contributed by atoms with van der Waals surface area (Å²) >= 11 is 3.32. The lowest BCUT2D eigenvalue weighted by Gasteiger charge is -2.17. The molecule has 1 atom stereocenters. The van der Waals surface area contributed by atoms with Crippen LogP contribution in [0.2, 0.25) is 0 Å². The molecule has 4 nitrogen and oxygen atoms in total. The van der Waals surface area contributed by atoms with Crippen molar-refractivity contribution < 1.29 is 14.3 Å². The highest BCUT2D eigenvalue weighted by Gasteiger charge is 2.17. The van der Waals surface area contributed by atoms with Crippen LogP contribution in [0.25, 0.3) is 0 Å².